The molecule has 1 aliphatic heterocycles. The Morgan fingerprint density at radius 1 is 1.12 bits per heavy atom. The Balaban J connectivity index is 1.60. The fourth-order valence-electron chi connectivity index (χ4n) is 2.74. The summed E-state index contributed by atoms with van der Waals surface area (Å²) in [5, 5.41) is 5.37. The first-order valence-electron chi connectivity index (χ1n) is 8.63. The van der Waals surface area contributed by atoms with Gasteiger partial charge in [-0.05, 0) is 55.3 Å². The van der Waals surface area contributed by atoms with Crippen molar-refractivity contribution in [2.75, 3.05) is 25.6 Å². The Labute approximate surface area is 152 Å². The number of carbonyl (C=O) groups excluding carboxylic acids is 2. The van der Waals surface area contributed by atoms with Gasteiger partial charge in [0.1, 0.15) is 12.4 Å². The molecule has 0 unspecified atom stereocenters. The number of benzene rings is 2. The first kappa shape index (κ1) is 17.9. The summed E-state index contributed by atoms with van der Waals surface area (Å²) in [4.78, 5) is 24.0. The molecule has 0 saturated carbocycles. The second-order valence-electron chi connectivity index (χ2n) is 6.08. The van der Waals surface area contributed by atoms with Gasteiger partial charge < -0.3 is 20.1 Å². The van der Waals surface area contributed by atoms with Gasteiger partial charge in [0.2, 0.25) is 0 Å². The Hall–Kier alpha value is -2.86. The zero-order valence-electron chi connectivity index (χ0n) is 14.7. The van der Waals surface area contributed by atoms with Crippen molar-refractivity contribution < 1.29 is 19.1 Å². The molecule has 0 aliphatic carbocycles. The maximum Gasteiger partial charge on any atom is 0.255 e. The van der Waals surface area contributed by atoms with Crippen LogP contribution in [0.15, 0.2) is 48.5 Å². The van der Waals surface area contributed by atoms with E-state index in [-0.39, 0.29) is 17.9 Å². The minimum atomic E-state index is -0.236. The van der Waals surface area contributed by atoms with Crippen LogP contribution in [0.3, 0.4) is 0 Å². The molecule has 1 fully saturated rings. The minimum Gasteiger partial charge on any atom is -0.491 e. The molecule has 6 nitrogen and oxygen atoms in total. The molecule has 1 atom stereocenters. The molecule has 3 rings (SSSR count). The lowest BCUT2D eigenvalue weighted by Gasteiger charge is -2.12. The maximum atomic E-state index is 12.4. The van der Waals surface area contributed by atoms with Crippen molar-refractivity contribution in [1.82, 2.24) is 5.32 Å². The van der Waals surface area contributed by atoms with E-state index in [1.165, 1.54) is 0 Å². The van der Waals surface area contributed by atoms with E-state index < -0.39 is 0 Å². The van der Waals surface area contributed by atoms with Crippen LogP contribution in [-0.4, -0.2) is 38.2 Å². The molecular formula is C20H22N2O4. The van der Waals surface area contributed by atoms with Crippen LogP contribution in [0.25, 0.3) is 0 Å². The van der Waals surface area contributed by atoms with Crippen LogP contribution < -0.4 is 15.4 Å². The lowest BCUT2D eigenvalue weighted by atomic mass is 10.1. The van der Waals surface area contributed by atoms with Crippen molar-refractivity contribution in [1.29, 1.82) is 0 Å². The molecule has 6 heteroatoms. The molecule has 0 spiro atoms. The maximum absolute atomic E-state index is 12.4. The summed E-state index contributed by atoms with van der Waals surface area (Å²) in [5.41, 5.74) is 1.66. The quantitative estimate of drug-likeness (QED) is 0.836. The minimum absolute atomic E-state index is 0.131. The summed E-state index contributed by atoms with van der Waals surface area (Å²) in [6, 6.07) is 13.8. The second-order valence-corrected chi connectivity index (χ2v) is 6.08. The van der Waals surface area contributed by atoms with Crippen LogP contribution in [0.4, 0.5) is 5.69 Å². The molecule has 2 N–H and O–H groups in total. The number of nitrogens with one attached hydrogen (secondary N) is 2. The molecule has 136 valence electrons. The summed E-state index contributed by atoms with van der Waals surface area (Å²) >= 11 is 0. The van der Waals surface area contributed by atoms with Crippen molar-refractivity contribution in [2.45, 2.75) is 18.9 Å². The molecule has 0 aromatic heterocycles. The molecule has 0 radical (unpaired) electrons. The van der Waals surface area contributed by atoms with Crippen molar-refractivity contribution >= 4 is 17.5 Å². The highest BCUT2D eigenvalue weighted by Crippen LogP contribution is 2.18. The monoisotopic (exact) mass is 354 g/mol. The van der Waals surface area contributed by atoms with Crippen molar-refractivity contribution in [3.05, 3.63) is 59.7 Å². The Kier molecular flexibility index (Phi) is 5.86. The lowest BCUT2D eigenvalue weighted by Crippen LogP contribution is -2.18. The normalized spacial score (nSPS) is 16.1. The van der Waals surface area contributed by atoms with Gasteiger partial charge in [0.15, 0.2) is 0 Å². The van der Waals surface area contributed by atoms with E-state index in [9.17, 15) is 9.59 Å². The lowest BCUT2D eigenvalue weighted by molar-refractivity contribution is 0.0679. The van der Waals surface area contributed by atoms with Crippen LogP contribution in [-0.2, 0) is 4.74 Å². The molecule has 26 heavy (non-hydrogen) atoms. The molecule has 1 heterocycles. The zero-order chi connectivity index (χ0) is 18.4. The van der Waals surface area contributed by atoms with Gasteiger partial charge in [-0.15, -0.1) is 0 Å². The SMILES string of the molecule is CNC(=O)c1ccc(NC(=O)c2cccc(OC[C@@H]3CCCO3)c2)cc1. The predicted octanol–water partition coefficient (Wildman–Crippen LogP) is 2.86. The van der Waals surface area contributed by atoms with E-state index in [0.29, 0.717) is 29.2 Å². The van der Waals surface area contributed by atoms with Crippen LogP contribution >= 0.6 is 0 Å². The average molecular weight is 354 g/mol. The molecular weight excluding hydrogens is 332 g/mol. The van der Waals surface area contributed by atoms with Gasteiger partial charge in [0, 0.05) is 30.5 Å². The van der Waals surface area contributed by atoms with Gasteiger partial charge in [-0.3, -0.25) is 9.59 Å². The van der Waals surface area contributed by atoms with Gasteiger partial charge in [-0.2, -0.15) is 0 Å². The van der Waals surface area contributed by atoms with E-state index in [1.807, 2.05) is 6.07 Å². The highest BCUT2D eigenvalue weighted by atomic mass is 16.5. The largest absolute Gasteiger partial charge is 0.491 e. The van der Waals surface area contributed by atoms with E-state index in [2.05, 4.69) is 10.6 Å². The van der Waals surface area contributed by atoms with Gasteiger partial charge in [0.25, 0.3) is 11.8 Å². The summed E-state index contributed by atoms with van der Waals surface area (Å²) in [5.74, 6) is 0.238. The Morgan fingerprint density at radius 3 is 2.62 bits per heavy atom. The Morgan fingerprint density at radius 2 is 1.92 bits per heavy atom. The van der Waals surface area contributed by atoms with E-state index in [1.54, 1.807) is 49.5 Å². The summed E-state index contributed by atoms with van der Waals surface area (Å²) in [7, 11) is 1.58. The molecule has 2 aromatic rings. The number of rotatable bonds is 6. The van der Waals surface area contributed by atoms with Gasteiger partial charge in [-0.25, -0.2) is 0 Å². The van der Waals surface area contributed by atoms with Crippen LogP contribution in [0.2, 0.25) is 0 Å². The molecule has 0 bridgehead atoms. The summed E-state index contributed by atoms with van der Waals surface area (Å²) in [6.07, 6.45) is 2.20. The van der Waals surface area contributed by atoms with E-state index in [4.69, 9.17) is 9.47 Å². The van der Waals surface area contributed by atoms with Crippen LogP contribution in [0, 0.1) is 0 Å². The molecule has 1 saturated heterocycles. The Bertz CT molecular complexity index is 768. The number of hydrogen-bond acceptors (Lipinski definition) is 4. The third-order valence-electron chi connectivity index (χ3n) is 4.19. The van der Waals surface area contributed by atoms with Crippen molar-refractivity contribution in [3.63, 3.8) is 0 Å². The van der Waals surface area contributed by atoms with Crippen molar-refractivity contribution in [3.8, 4) is 5.75 Å². The average Bonchev–Trinajstić information content (AvgIpc) is 3.20. The fourth-order valence-corrected chi connectivity index (χ4v) is 2.74. The first-order chi connectivity index (χ1) is 12.7. The van der Waals surface area contributed by atoms with E-state index >= 15 is 0 Å². The van der Waals surface area contributed by atoms with Gasteiger partial charge in [-0.1, -0.05) is 6.07 Å². The van der Waals surface area contributed by atoms with Gasteiger partial charge in [0.05, 0.1) is 6.10 Å². The number of carbonyl (C=O) groups is 2. The van der Waals surface area contributed by atoms with Crippen LogP contribution in [0.1, 0.15) is 33.6 Å². The van der Waals surface area contributed by atoms with Gasteiger partial charge >= 0.3 is 0 Å². The van der Waals surface area contributed by atoms with E-state index in [0.717, 1.165) is 19.4 Å². The smallest absolute Gasteiger partial charge is 0.255 e. The highest BCUT2D eigenvalue weighted by molar-refractivity contribution is 6.04. The summed E-state index contributed by atoms with van der Waals surface area (Å²) in [6.45, 7) is 1.28. The molecule has 1 aliphatic rings. The zero-order valence-corrected chi connectivity index (χ0v) is 14.7. The summed E-state index contributed by atoms with van der Waals surface area (Å²) < 4.78 is 11.3. The molecule has 2 aromatic carbocycles. The predicted molar refractivity (Wildman–Crippen MR) is 98.7 cm³/mol. The third-order valence-corrected chi connectivity index (χ3v) is 4.19. The van der Waals surface area contributed by atoms with Crippen LogP contribution in [0.5, 0.6) is 5.75 Å². The number of ether oxygens (including phenoxy) is 2. The van der Waals surface area contributed by atoms with Crippen molar-refractivity contribution in [2.24, 2.45) is 0 Å². The standard InChI is InChI=1S/C20H22N2O4/c1-21-19(23)14-7-9-16(10-8-14)22-20(24)15-4-2-5-17(12-15)26-13-18-6-3-11-25-18/h2,4-5,7-10,12,18H,3,6,11,13H2,1H3,(H,21,23)(H,22,24)/t18-/m0/s1. The number of anilines is 1. The third kappa shape index (κ3) is 4.61. The first-order valence-corrected chi connectivity index (χ1v) is 8.63. The fraction of sp³-hybridized carbons (Fsp3) is 0.300. The second kappa shape index (κ2) is 8.49. The molecule has 2 amide bonds. The highest BCUT2D eigenvalue weighted by Gasteiger charge is 2.16. The number of hydrogen-bond donors (Lipinski definition) is 2. The topological polar surface area (TPSA) is 76.7 Å². The number of amides is 2.